The topological polar surface area (TPSA) is 63.0 Å². The number of nitrogens with one attached hydrogen (secondary N) is 2. The van der Waals surface area contributed by atoms with Crippen LogP contribution in [0.4, 0.5) is 6.01 Å². The highest BCUT2D eigenvalue weighted by Crippen LogP contribution is 2.22. The third-order valence-corrected chi connectivity index (χ3v) is 2.73. The van der Waals surface area contributed by atoms with Crippen molar-refractivity contribution in [3.05, 3.63) is 5.89 Å². The first-order chi connectivity index (χ1) is 7.74. The van der Waals surface area contributed by atoms with Gasteiger partial charge in [-0.2, -0.15) is 0 Å². The molecule has 0 aliphatic heterocycles. The summed E-state index contributed by atoms with van der Waals surface area (Å²) in [4.78, 5) is 0. The highest BCUT2D eigenvalue weighted by molar-refractivity contribution is 5.20. The van der Waals surface area contributed by atoms with Crippen LogP contribution in [0.1, 0.15) is 39.0 Å². The normalized spacial score (nSPS) is 16.4. The predicted molar refractivity (Wildman–Crippen MR) is 62.1 cm³/mol. The maximum Gasteiger partial charge on any atom is 0.315 e. The number of aromatic nitrogens is 2. The van der Waals surface area contributed by atoms with Crippen molar-refractivity contribution in [2.75, 3.05) is 11.9 Å². The van der Waals surface area contributed by atoms with E-state index in [0.717, 1.165) is 6.54 Å². The van der Waals surface area contributed by atoms with Gasteiger partial charge in [-0.3, -0.25) is 0 Å². The zero-order chi connectivity index (χ0) is 11.4. The van der Waals surface area contributed by atoms with Crippen LogP contribution >= 0.6 is 0 Å². The molecular weight excluding hydrogens is 204 g/mol. The summed E-state index contributed by atoms with van der Waals surface area (Å²) in [6.45, 7) is 5.96. The number of hydrogen-bond acceptors (Lipinski definition) is 5. The van der Waals surface area contributed by atoms with Gasteiger partial charge in [0.2, 0.25) is 5.89 Å². The average molecular weight is 224 g/mol. The molecular formula is C11H20N4O. The Morgan fingerprint density at radius 1 is 1.38 bits per heavy atom. The molecule has 1 fully saturated rings. The van der Waals surface area contributed by atoms with Gasteiger partial charge in [-0.25, -0.2) is 0 Å². The smallest absolute Gasteiger partial charge is 0.315 e. The highest BCUT2D eigenvalue weighted by atomic mass is 16.4. The van der Waals surface area contributed by atoms with Crippen molar-refractivity contribution in [3.63, 3.8) is 0 Å². The van der Waals surface area contributed by atoms with Gasteiger partial charge in [-0.1, -0.05) is 18.9 Å². The summed E-state index contributed by atoms with van der Waals surface area (Å²) in [5, 5.41) is 14.5. The lowest BCUT2D eigenvalue weighted by Crippen LogP contribution is -2.27. The third kappa shape index (κ3) is 3.20. The molecule has 16 heavy (non-hydrogen) atoms. The number of nitrogens with zero attached hydrogens (tertiary/aromatic N) is 2. The molecule has 0 spiro atoms. The standard InChI is InChI=1S/C11H20N4O/c1-8(2)6-12-7-10-14-15-11(16-10)13-9-4-3-5-9/h8-9,12H,3-7H2,1-2H3,(H,13,15). The van der Waals surface area contributed by atoms with E-state index in [1.807, 2.05) is 0 Å². The van der Waals surface area contributed by atoms with Gasteiger partial charge < -0.3 is 15.1 Å². The van der Waals surface area contributed by atoms with Crippen molar-refractivity contribution in [1.82, 2.24) is 15.5 Å². The molecule has 0 bridgehead atoms. The van der Waals surface area contributed by atoms with E-state index in [-0.39, 0.29) is 0 Å². The summed E-state index contributed by atoms with van der Waals surface area (Å²) >= 11 is 0. The maximum atomic E-state index is 5.48. The largest absolute Gasteiger partial charge is 0.407 e. The molecule has 0 saturated heterocycles. The quantitative estimate of drug-likeness (QED) is 0.771. The summed E-state index contributed by atoms with van der Waals surface area (Å²) in [5.41, 5.74) is 0. The van der Waals surface area contributed by atoms with Crippen LogP contribution in [0.15, 0.2) is 4.42 Å². The van der Waals surface area contributed by atoms with E-state index in [9.17, 15) is 0 Å². The lowest BCUT2D eigenvalue weighted by atomic mass is 9.93. The van der Waals surface area contributed by atoms with Crippen LogP contribution in [0.2, 0.25) is 0 Å². The average Bonchev–Trinajstić information content (AvgIpc) is 2.59. The Morgan fingerprint density at radius 3 is 2.81 bits per heavy atom. The Morgan fingerprint density at radius 2 is 2.19 bits per heavy atom. The molecule has 0 atom stereocenters. The molecule has 5 nitrogen and oxygen atoms in total. The third-order valence-electron chi connectivity index (χ3n) is 2.73. The van der Waals surface area contributed by atoms with E-state index in [4.69, 9.17) is 4.42 Å². The van der Waals surface area contributed by atoms with Gasteiger partial charge in [0, 0.05) is 6.04 Å². The molecule has 0 aromatic carbocycles. The van der Waals surface area contributed by atoms with Crippen molar-refractivity contribution in [2.45, 2.75) is 45.7 Å². The first kappa shape index (κ1) is 11.4. The minimum atomic E-state index is 0.539. The minimum Gasteiger partial charge on any atom is -0.407 e. The second-order valence-corrected chi connectivity index (χ2v) is 4.80. The summed E-state index contributed by atoms with van der Waals surface area (Å²) < 4.78 is 5.48. The summed E-state index contributed by atoms with van der Waals surface area (Å²) in [7, 11) is 0. The molecule has 1 heterocycles. The van der Waals surface area contributed by atoms with Crippen molar-refractivity contribution >= 4 is 6.01 Å². The molecule has 1 aromatic rings. The van der Waals surface area contributed by atoms with E-state index >= 15 is 0 Å². The summed E-state index contributed by atoms with van der Waals surface area (Å²) in [5.74, 6) is 1.29. The first-order valence-electron chi connectivity index (χ1n) is 6.03. The second kappa shape index (κ2) is 5.30. The Kier molecular flexibility index (Phi) is 3.77. The van der Waals surface area contributed by atoms with Gasteiger partial charge in [0.05, 0.1) is 6.54 Å². The number of hydrogen-bond donors (Lipinski definition) is 2. The van der Waals surface area contributed by atoms with Crippen LogP contribution in [-0.2, 0) is 6.54 Å². The van der Waals surface area contributed by atoms with Gasteiger partial charge in [0.1, 0.15) is 0 Å². The molecule has 1 aromatic heterocycles. The lowest BCUT2D eigenvalue weighted by Gasteiger charge is -2.24. The van der Waals surface area contributed by atoms with E-state index < -0.39 is 0 Å². The Bertz CT molecular complexity index is 320. The van der Waals surface area contributed by atoms with Crippen molar-refractivity contribution in [3.8, 4) is 0 Å². The van der Waals surface area contributed by atoms with Crippen molar-refractivity contribution in [2.24, 2.45) is 5.92 Å². The zero-order valence-electron chi connectivity index (χ0n) is 9.99. The van der Waals surface area contributed by atoms with Gasteiger partial charge in [0.25, 0.3) is 0 Å². The number of rotatable bonds is 6. The SMILES string of the molecule is CC(C)CNCc1nnc(NC2CCC2)o1. The van der Waals surface area contributed by atoms with E-state index in [2.05, 4.69) is 34.7 Å². The second-order valence-electron chi connectivity index (χ2n) is 4.80. The fourth-order valence-electron chi connectivity index (χ4n) is 1.58. The molecule has 0 amide bonds. The van der Waals surface area contributed by atoms with Crippen molar-refractivity contribution < 1.29 is 4.42 Å². The monoisotopic (exact) mass is 224 g/mol. The van der Waals surface area contributed by atoms with Crippen LogP contribution in [0, 0.1) is 5.92 Å². The van der Waals surface area contributed by atoms with Crippen molar-refractivity contribution in [1.29, 1.82) is 0 Å². The van der Waals surface area contributed by atoms with Crippen LogP contribution < -0.4 is 10.6 Å². The Labute approximate surface area is 96.0 Å². The fraction of sp³-hybridized carbons (Fsp3) is 0.818. The first-order valence-corrected chi connectivity index (χ1v) is 6.03. The van der Waals surface area contributed by atoms with E-state index in [1.165, 1.54) is 19.3 Å². The molecule has 2 rings (SSSR count). The molecule has 0 unspecified atom stereocenters. The van der Waals surface area contributed by atoms with Gasteiger partial charge in [0.15, 0.2) is 0 Å². The van der Waals surface area contributed by atoms with Gasteiger partial charge in [-0.15, -0.1) is 5.10 Å². The van der Waals surface area contributed by atoms with E-state index in [1.54, 1.807) is 0 Å². The molecule has 5 heteroatoms. The Hall–Kier alpha value is -1.10. The molecule has 1 aliphatic carbocycles. The van der Waals surface area contributed by atoms with Gasteiger partial charge >= 0.3 is 6.01 Å². The number of anilines is 1. The lowest BCUT2D eigenvalue weighted by molar-refractivity contribution is 0.416. The van der Waals surface area contributed by atoms with Crippen LogP contribution in [0.25, 0.3) is 0 Å². The van der Waals surface area contributed by atoms with Crippen LogP contribution in [0.5, 0.6) is 0 Å². The zero-order valence-corrected chi connectivity index (χ0v) is 9.99. The molecule has 1 saturated carbocycles. The summed E-state index contributed by atoms with van der Waals surface area (Å²) in [6, 6.07) is 1.10. The van der Waals surface area contributed by atoms with Crippen LogP contribution in [0.3, 0.4) is 0 Å². The predicted octanol–water partition coefficient (Wildman–Crippen LogP) is 1.78. The molecule has 1 aliphatic rings. The molecule has 90 valence electrons. The van der Waals surface area contributed by atoms with Gasteiger partial charge in [-0.05, 0) is 31.7 Å². The van der Waals surface area contributed by atoms with Crippen LogP contribution in [-0.4, -0.2) is 22.8 Å². The maximum absolute atomic E-state index is 5.48. The molecule has 0 radical (unpaired) electrons. The minimum absolute atomic E-state index is 0.539. The Balaban J connectivity index is 1.73. The summed E-state index contributed by atoms with van der Waals surface area (Å²) in [6.07, 6.45) is 3.72. The van der Waals surface area contributed by atoms with E-state index in [0.29, 0.717) is 30.4 Å². The fourth-order valence-corrected chi connectivity index (χ4v) is 1.58. The molecule has 2 N–H and O–H groups in total. The highest BCUT2D eigenvalue weighted by Gasteiger charge is 2.19.